The molecule has 0 saturated heterocycles. The summed E-state index contributed by atoms with van der Waals surface area (Å²) in [6, 6.07) is 15.1. The summed E-state index contributed by atoms with van der Waals surface area (Å²) < 4.78 is 5.15. The summed E-state index contributed by atoms with van der Waals surface area (Å²) in [6.45, 7) is 0. The number of para-hydroxylation sites is 1. The normalized spacial score (nSPS) is 17.4. The Labute approximate surface area is 117 Å². The number of benzene rings is 2. The summed E-state index contributed by atoms with van der Waals surface area (Å²) in [6.07, 6.45) is 2.05. The molecule has 4 nitrogen and oxygen atoms in total. The van der Waals surface area contributed by atoms with Gasteiger partial charge in [-0.3, -0.25) is 0 Å². The number of aromatic hydroxyl groups is 1. The van der Waals surface area contributed by atoms with Gasteiger partial charge in [-0.2, -0.15) is 0 Å². The van der Waals surface area contributed by atoms with Crippen LogP contribution in [0.4, 0.5) is 0 Å². The summed E-state index contributed by atoms with van der Waals surface area (Å²) in [5.74, 6) is 1.12. The number of phenolic OH excluding ortho intramolecular Hbond substituents is 1. The van der Waals surface area contributed by atoms with Crippen LogP contribution >= 0.6 is 0 Å². The number of phenols is 1. The Balaban J connectivity index is 1.86. The Morgan fingerprint density at radius 1 is 1.05 bits per heavy atom. The Kier molecular flexibility index (Phi) is 3.31. The van der Waals surface area contributed by atoms with E-state index in [0.29, 0.717) is 5.75 Å². The van der Waals surface area contributed by atoms with E-state index in [4.69, 9.17) is 4.74 Å². The van der Waals surface area contributed by atoms with E-state index in [2.05, 4.69) is 16.9 Å². The highest BCUT2D eigenvalue weighted by atomic mass is 16.5. The van der Waals surface area contributed by atoms with Crippen molar-refractivity contribution in [1.29, 1.82) is 0 Å². The first-order valence-corrected chi connectivity index (χ1v) is 6.43. The van der Waals surface area contributed by atoms with Crippen molar-refractivity contribution in [3.05, 3.63) is 65.7 Å². The third-order valence-corrected chi connectivity index (χ3v) is 3.37. The van der Waals surface area contributed by atoms with E-state index in [1.54, 1.807) is 13.2 Å². The molecule has 1 atom stereocenters. The van der Waals surface area contributed by atoms with Crippen molar-refractivity contribution in [3.63, 3.8) is 0 Å². The van der Waals surface area contributed by atoms with E-state index < -0.39 is 0 Å². The second kappa shape index (κ2) is 5.27. The van der Waals surface area contributed by atoms with Crippen LogP contribution in [0.15, 0.2) is 54.6 Å². The van der Waals surface area contributed by atoms with Crippen LogP contribution in [0.1, 0.15) is 17.2 Å². The van der Waals surface area contributed by atoms with Crippen LogP contribution in [-0.2, 0) is 0 Å². The van der Waals surface area contributed by atoms with E-state index in [1.807, 2.05) is 42.5 Å². The van der Waals surface area contributed by atoms with E-state index in [1.165, 1.54) is 0 Å². The number of ether oxygens (including phenoxy) is 1. The molecule has 20 heavy (non-hydrogen) atoms. The summed E-state index contributed by atoms with van der Waals surface area (Å²) >= 11 is 0. The van der Waals surface area contributed by atoms with Crippen molar-refractivity contribution in [1.82, 2.24) is 10.9 Å². The van der Waals surface area contributed by atoms with Gasteiger partial charge in [0.15, 0.2) is 0 Å². The van der Waals surface area contributed by atoms with Gasteiger partial charge < -0.3 is 15.3 Å². The molecule has 4 heteroatoms. The average Bonchev–Trinajstić information content (AvgIpc) is 2.97. The number of methoxy groups -OCH3 is 1. The lowest BCUT2D eigenvalue weighted by Crippen LogP contribution is -2.26. The number of hydrogen-bond acceptors (Lipinski definition) is 4. The van der Waals surface area contributed by atoms with Crippen LogP contribution in [0.5, 0.6) is 11.5 Å². The van der Waals surface area contributed by atoms with Crippen LogP contribution in [0.2, 0.25) is 0 Å². The first kappa shape index (κ1) is 12.6. The summed E-state index contributed by atoms with van der Waals surface area (Å²) in [5, 5.41) is 9.88. The molecule has 0 fully saturated rings. The molecule has 1 heterocycles. The van der Waals surface area contributed by atoms with Crippen molar-refractivity contribution in [2.24, 2.45) is 0 Å². The van der Waals surface area contributed by atoms with E-state index in [0.717, 1.165) is 22.6 Å². The van der Waals surface area contributed by atoms with Gasteiger partial charge in [0.2, 0.25) is 0 Å². The Hall–Kier alpha value is -2.46. The molecule has 0 radical (unpaired) electrons. The molecule has 0 saturated carbocycles. The minimum Gasteiger partial charge on any atom is -0.508 e. The second-order valence-corrected chi connectivity index (χ2v) is 4.61. The summed E-state index contributed by atoms with van der Waals surface area (Å²) in [7, 11) is 1.65. The van der Waals surface area contributed by atoms with Crippen molar-refractivity contribution in [2.75, 3.05) is 7.11 Å². The van der Waals surface area contributed by atoms with Gasteiger partial charge in [-0.15, -0.1) is 0 Å². The predicted octanol–water partition coefficient (Wildman–Crippen LogP) is 2.59. The molecule has 3 N–H and O–H groups in total. The lowest BCUT2D eigenvalue weighted by molar-refractivity contribution is 0.415. The van der Waals surface area contributed by atoms with E-state index in [-0.39, 0.29) is 6.04 Å². The van der Waals surface area contributed by atoms with Crippen LogP contribution in [0, 0.1) is 0 Å². The third-order valence-electron chi connectivity index (χ3n) is 3.37. The van der Waals surface area contributed by atoms with Crippen LogP contribution < -0.4 is 15.6 Å². The molecule has 1 aliphatic rings. The number of hydrogen-bond donors (Lipinski definition) is 3. The van der Waals surface area contributed by atoms with E-state index in [9.17, 15) is 5.11 Å². The quantitative estimate of drug-likeness (QED) is 0.801. The third kappa shape index (κ3) is 2.33. The molecule has 2 aromatic rings. The van der Waals surface area contributed by atoms with Gasteiger partial charge in [0, 0.05) is 5.56 Å². The first-order chi connectivity index (χ1) is 9.78. The molecule has 3 rings (SSSR count). The van der Waals surface area contributed by atoms with Gasteiger partial charge in [0.05, 0.1) is 18.8 Å². The van der Waals surface area contributed by atoms with Gasteiger partial charge in [-0.25, -0.2) is 5.43 Å². The van der Waals surface area contributed by atoms with Crippen molar-refractivity contribution in [3.8, 4) is 11.5 Å². The smallest absolute Gasteiger partial charge is 0.120 e. The zero-order valence-corrected chi connectivity index (χ0v) is 11.1. The zero-order chi connectivity index (χ0) is 13.9. The van der Waals surface area contributed by atoms with Gasteiger partial charge in [0.25, 0.3) is 0 Å². The number of nitrogens with one attached hydrogen (secondary N) is 2. The SMILES string of the molecule is COc1ccc(C2=CC(c3ccccc3O)NN2)cc1. The molecule has 0 aliphatic carbocycles. The van der Waals surface area contributed by atoms with Crippen LogP contribution in [0.3, 0.4) is 0 Å². The highest BCUT2D eigenvalue weighted by Crippen LogP contribution is 2.29. The fourth-order valence-corrected chi connectivity index (χ4v) is 2.26. The van der Waals surface area contributed by atoms with Crippen molar-refractivity contribution < 1.29 is 9.84 Å². The van der Waals surface area contributed by atoms with Crippen LogP contribution in [-0.4, -0.2) is 12.2 Å². The molecule has 2 aromatic carbocycles. The molecule has 1 aliphatic heterocycles. The molecular weight excluding hydrogens is 252 g/mol. The Bertz CT molecular complexity index is 635. The fraction of sp³-hybridized carbons (Fsp3) is 0.125. The molecule has 1 unspecified atom stereocenters. The second-order valence-electron chi connectivity index (χ2n) is 4.61. The maximum Gasteiger partial charge on any atom is 0.120 e. The minimum atomic E-state index is -0.0479. The van der Waals surface area contributed by atoms with Gasteiger partial charge in [-0.05, 0) is 42.0 Å². The largest absolute Gasteiger partial charge is 0.508 e. The number of hydrazine groups is 1. The molecule has 0 spiro atoms. The lowest BCUT2D eigenvalue weighted by Gasteiger charge is -2.10. The van der Waals surface area contributed by atoms with Gasteiger partial charge in [0.1, 0.15) is 11.5 Å². The maximum absolute atomic E-state index is 9.88. The average molecular weight is 268 g/mol. The topological polar surface area (TPSA) is 53.5 Å². The number of rotatable bonds is 3. The highest BCUT2D eigenvalue weighted by molar-refractivity contribution is 5.67. The summed E-state index contributed by atoms with van der Waals surface area (Å²) in [4.78, 5) is 0. The lowest BCUT2D eigenvalue weighted by atomic mass is 10.0. The Morgan fingerprint density at radius 2 is 1.80 bits per heavy atom. The predicted molar refractivity (Wildman–Crippen MR) is 78.1 cm³/mol. The van der Waals surface area contributed by atoms with Crippen molar-refractivity contribution in [2.45, 2.75) is 6.04 Å². The Morgan fingerprint density at radius 3 is 2.50 bits per heavy atom. The van der Waals surface area contributed by atoms with E-state index >= 15 is 0 Å². The fourth-order valence-electron chi connectivity index (χ4n) is 2.26. The standard InChI is InChI=1S/C16H16N2O2/c1-20-12-8-6-11(7-9-12)14-10-15(18-17-14)13-4-2-3-5-16(13)19/h2-10,15,17-19H,1H3. The molecule has 0 aromatic heterocycles. The highest BCUT2D eigenvalue weighted by Gasteiger charge is 2.19. The minimum absolute atomic E-state index is 0.0479. The monoisotopic (exact) mass is 268 g/mol. The molecule has 0 bridgehead atoms. The van der Waals surface area contributed by atoms with Crippen molar-refractivity contribution >= 4 is 5.70 Å². The molecule has 102 valence electrons. The van der Waals surface area contributed by atoms with Gasteiger partial charge in [-0.1, -0.05) is 18.2 Å². The molecular formula is C16H16N2O2. The summed E-state index contributed by atoms with van der Waals surface area (Å²) in [5.41, 5.74) is 9.21. The zero-order valence-electron chi connectivity index (χ0n) is 11.1. The van der Waals surface area contributed by atoms with Crippen LogP contribution in [0.25, 0.3) is 5.70 Å². The van der Waals surface area contributed by atoms with Gasteiger partial charge >= 0.3 is 0 Å². The first-order valence-electron chi connectivity index (χ1n) is 6.43. The maximum atomic E-state index is 9.88. The molecule has 0 amide bonds.